The van der Waals surface area contributed by atoms with Gasteiger partial charge < -0.3 is 20.5 Å². The van der Waals surface area contributed by atoms with E-state index in [1.807, 2.05) is 0 Å². The molecule has 9 heteroatoms. The van der Waals surface area contributed by atoms with Crippen LogP contribution in [-0.2, 0) is 15.8 Å². The second kappa shape index (κ2) is 5.42. The second-order valence-electron chi connectivity index (χ2n) is 3.59. The van der Waals surface area contributed by atoms with Crippen molar-refractivity contribution >= 4 is 13.2 Å². The first-order valence-corrected chi connectivity index (χ1v) is 6.99. The SMILES string of the molecule is CP(=O)(O)CO[C@H](O)Cn1ccc(N)nc1=O. The summed E-state index contributed by atoms with van der Waals surface area (Å²) in [5.74, 6) is 0.0788. The zero-order valence-corrected chi connectivity index (χ0v) is 10.1. The molecule has 0 spiro atoms. The predicted octanol–water partition coefficient (Wildman–Crippen LogP) is -0.982. The second-order valence-corrected chi connectivity index (χ2v) is 5.95. The number of hydrogen-bond donors (Lipinski definition) is 3. The Kier molecular flexibility index (Phi) is 4.41. The molecule has 1 heterocycles. The van der Waals surface area contributed by atoms with Crippen molar-refractivity contribution in [2.24, 2.45) is 0 Å². The molecule has 0 aromatic carbocycles. The van der Waals surface area contributed by atoms with Crippen LogP contribution in [0.15, 0.2) is 17.1 Å². The monoisotopic (exact) mass is 263 g/mol. The Labute approximate surface area is 97.1 Å². The van der Waals surface area contributed by atoms with Gasteiger partial charge in [0.25, 0.3) is 0 Å². The summed E-state index contributed by atoms with van der Waals surface area (Å²) in [6.45, 7) is 0.919. The van der Waals surface area contributed by atoms with Crippen LogP contribution in [-0.4, -0.2) is 38.9 Å². The van der Waals surface area contributed by atoms with Crippen LogP contribution in [0.3, 0.4) is 0 Å². The molecule has 0 fully saturated rings. The quantitative estimate of drug-likeness (QED) is 0.460. The molecule has 8 nitrogen and oxygen atoms in total. The Hall–Kier alpha value is -1.21. The first-order chi connectivity index (χ1) is 7.78. The number of aromatic nitrogens is 2. The minimum Gasteiger partial charge on any atom is -0.383 e. The molecule has 1 unspecified atom stereocenters. The van der Waals surface area contributed by atoms with Crippen LogP contribution >= 0.6 is 7.37 Å². The fourth-order valence-electron chi connectivity index (χ4n) is 1.03. The molecule has 2 atom stereocenters. The summed E-state index contributed by atoms with van der Waals surface area (Å²) in [4.78, 5) is 23.7. The van der Waals surface area contributed by atoms with Gasteiger partial charge in [0.1, 0.15) is 12.2 Å². The van der Waals surface area contributed by atoms with Crippen LogP contribution in [0.25, 0.3) is 0 Å². The highest BCUT2D eigenvalue weighted by Gasteiger charge is 2.14. The Morgan fingerprint density at radius 2 is 2.35 bits per heavy atom. The van der Waals surface area contributed by atoms with Crippen LogP contribution in [0.2, 0.25) is 0 Å². The van der Waals surface area contributed by atoms with Gasteiger partial charge in [-0.25, -0.2) is 4.79 Å². The molecule has 1 aromatic heterocycles. The summed E-state index contributed by atoms with van der Waals surface area (Å²) >= 11 is 0. The van der Waals surface area contributed by atoms with Crippen molar-refractivity contribution in [3.63, 3.8) is 0 Å². The summed E-state index contributed by atoms with van der Waals surface area (Å²) in [6, 6.07) is 1.39. The van der Waals surface area contributed by atoms with Crippen molar-refractivity contribution < 1.29 is 19.3 Å². The van der Waals surface area contributed by atoms with E-state index in [0.717, 1.165) is 11.2 Å². The van der Waals surface area contributed by atoms with E-state index < -0.39 is 25.7 Å². The Morgan fingerprint density at radius 3 is 2.88 bits per heavy atom. The molecule has 4 N–H and O–H groups in total. The standard InChI is InChI=1S/C8H14N3O5P/c1-17(14,15)5-16-7(12)4-11-3-2-6(9)10-8(11)13/h2-3,7,12H,4-5H2,1H3,(H,14,15)(H2,9,10,13)/t7-/m0/s1. The van der Waals surface area contributed by atoms with Crippen LogP contribution < -0.4 is 11.4 Å². The van der Waals surface area contributed by atoms with Gasteiger partial charge in [0.05, 0.1) is 6.54 Å². The topological polar surface area (TPSA) is 128 Å². The van der Waals surface area contributed by atoms with Gasteiger partial charge in [-0.05, 0) is 6.07 Å². The normalized spacial score (nSPS) is 16.4. The molecule has 1 aromatic rings. The van der Waals surface area contributed by atoms with Gasteiger partial charge in [-0.3, -0.25) is 9.13 Å². The molecule has 0 radical (unpaired) electrons. The fourth-order valence-corrected chi connectivity index (χ4v) is 1.47. The number of aliphatic hydroxyl groups is 1. The van der Waals surface area contributed by atoms with Crippen LogP contribution in [0.4, 0.5) is 5.82 Å². The van der Waals surface area contributed by atoms with Crippen molar-refractivity contribution in [1.29, 1.82) is 0 Å². The molecule has 0 aliphatic heterocycles. The van der Waals surface area contributed by atoms with Gasteiger partial charge in [0.2, 0.25) is 7.37 Å². The van der Waals surface area contributed by atoms with Crippen molar-refractivity contribution in [3.05, 3.63) is 22.7 Å². The first-order valence-electron chi connectivity index (χ1n) is 4.70. The Bertz CT molecular complexity index is 482. The minimum absolute atomic E-state index is 0.0788. The summed E-state index contributed by atoms with van der Waals surface area (Å²) < 4.78 is 16.7. The van der Waals surface area contributed by atoms with Gasteiger partial charge in [-0.15, -0.1) is 0 Å². The lowest BCUT2D eigenvalue weighted by atomic mass is 10.5. The highest BCUT2D eigenvalue weighted by molar-refractivity contribution is 7.56. The Morgan fingerprint density at radius 1 is 1.71 bits per heavy atom. The number of nitrogens with two attached hydrogens (primary N) is 1. The number of rotatable bonds is 5. The van der Waals surface area contributed by atoms with Gasteiger partial charge >= 0.3 is 5.69 Å². The van der Waals surface area contributed by atoms with Crippen LogP contribution in [0.5, 0.6) is 0 Å². The lowest BCUT2D eigenvalue weighted by Gasteiger charge is -2.14. The maximum atomic E-state index is 11.3. The van der Waals surface area contributed by atoms with E-state index in [9.17, 15) is 14.5 Å². The van der Waals surface area contributed by atoms with E-state index >= 15 is 0 Å². The first kappa shape index (κ1) is 13.9. The summed E-state index contributed by atoms with van der Waals surface area (Å²) in [5, 5.41) is 9.39. The van der Waals surface area contributed by atoms with Crippen LogP contribution in [0, 0.1) is 0 Å². The third-order valence-electron chi connectivity index (χ3n) is 1.76. The molecule has 0 aliphatic carbocycles. The van der Waals surface area contributed by atoms with Gasteiger partial charge in [0.15, 0.2) is 6.29 Å². The lowest BCUT2D eigenvalue weighted by Crippen LogP contribution is -2.30. The molecular formula is C8H14N3O5P. The zero-order valence-electron chi connectivity index (χ0n) is 9.18. The molecule has 96 valence electrons. The smallest absolute Gasteiger partial charge is 0.349 e. The lowest BCUT2D eigenvalue weighted by molar-refractivity contribution is -0.0938. The molecule has 0 amide bonds. The maximum absolute atomic E-state index is 11.3. The minimum atomic E-state index is -3.35. The zero-order chi connectivity index (χ0) is 13.1. The summed E-state index contributed by atoms with van der Waals surface area (Å²) in [7, 11) is -3.35. The van der Waals surface area contributed by atoms with Crippen molar-refractivity contribution in [2.75, 3.05) is 18.7 Å². The van der Waals surface area contributed by atoms with E-state index in [1.165, 1.54) is 12.3 Å². The molecule has 1 rings (SSSR count). The van der Waals surface area contributed by atoms with E-state index in [4.69, 9.17) is 15.4 Å². The van der Waals surface area contributed by atoms with Crippen molar-refractivity contribution in [3.8, 4) is 0 Å². The number of anilines is 1. The number of aliphatic hydroxyl groups excluding tert-OH is 1. The predicted molar refractivity (Wildman–Crippen MR) is 60.6 cm³/mol. The number of nitrogen functional groups attached to an aromatic ring is 1. The number of nitrogens with zero attached hydrogens (tertiary/aromatic N) is 2. The fraction of sp³-hybridized carbons (Fsp3) is 0.500. The Balaban J connectivity index is 2.59. The third kappa shape index (κ3) is 5.10. The van der Waals surface area contributed by atoms with Gasteiger partial charge in [0, 0.05) is 12.9 Å². The highest BCUT2D eigenvalue weighted by Crippen LogP contribution is 2.34. The molecular weight excluding hydrogens is 249 g/mol. The average molecular weight is 263 g/mol. The molecule has 17 heavy (non-hydrogen) atoms. The molecule has 0 saturated heterocycles. The average Bonchev–Trinajstić information content (AvgIpc) is 2.18. The van der Waals surface area contributed by atoms with Crippen molar-refractivity contribution in [1.82, 2.24) is 9.55 Å². The molecule has 0 saturated carbocycles. The molecule has 0 aliphatic rings. The highest BCUT2D eigenvalue weighted by atomic mass is 31.2. The largest absolute Gasteiger partial charge is 0.383 e. The van der Waals surface area contributed by atoms with E-state index in [-0.39, 0.29) is 12.4 Å². The molecule has 0 bridgehead atoms. The summed E-state index contributed by atoms with van der Waals surface area (Å²) in [5.41, 5.74) is 4.66. The van der Waals surface area contributed by atoms with Crippen molar-refractivity contribution in [2.45, 2.75) is 12.8 Å². The number of hydrogen-bond acceptors (Lipinski definition) is 6. The van der Waals surface area contributed by atoms with E-state index in [1.54, 1.807) is 0 Å². The third-order valence-corrected chi connectivity index (χ3v) is 2.38. The maximum Gasteiger partial charge on any atom is 0.349 e. The summed E-state index contributed by atoms with van der Waals surface area (Å²) in [6.07, 6.45) is -0.494. The van der Waals surface area contributed by atoms with E-state index in [2.05, 4.69) is 4.98 Å². The number of ether oxygens (including phenoxy) is 1. The van der Waals surface area contributed by atoms with E-state index in [0.29, 0.717) is 0 Å². The van der Waals surface area contributed by atoms with Crippen LogP contribution in [0.1, 0.15) is 0 Å². The van der Waals surface area contributed by atoms with Gasteiger partial charge in [-0.1, -0.05) is 0 Å². The van der Waals surface area contributed by atoms with Gasteiger partial charge in [-0.2, -0.15) is 4.98 Å².